The fourth-order valence-corrected chi connectivity index (χ4v) is 0.817. The van der Waals surface area contributed by atoms with Gasteiger partial charge in [-0.3, -0.25) is 0 Å². The monoisotopic (exact) mass is 284 g/mol. The van der Waals surface area contributed by atoms with Gasteiger partial charge in [-0.25, -0.2) is 8.42 Å². The predicted octanol–water partition coefficient (Wildman–Crippen LogP) is -2.54. The Kier molecular flexibility index (Phi) is 5.80. The topological polar surface area (TPSA) is 97.3 Å². The van der Waals surface area contributed by atoms with Crippen LogP contribution in [0.2, 0.25) is 0 Å². The van der Waals surface area contributed by atoms with Crippen molar-refractivity contribution in [3.8, 4) is 0 Å². The van der Waals surface area contributed by atoms with Crippen LogP contribution in [0.25, 0.3) is 0 Å². The molecular weight excluding hydrogens is 279 g/mol. The summed E-state index contributed by atoms with van der Waals surface area (Å²) in [6.45, 7) is 2.80. The summed E-state index contributed by atoms with van der Waals surface area (Å²) >= 11 is 0. The average molecular weight is 283 g/mol. The first kappa shape index (κ1) is 13.5. The van der Waals surface area contributed by atoms with E-state index in [4.69, 9.17) is 0 Å². The molecular formula is C4H4O5SSn. The Hall–Kier alpha value is -0.0813. The molecule has 0 fully saturated rings. The first-order valence-corrected chi connectivity index (χ1v) is 3.73. The van der Waals surface area contributed by atoms with Crippen LogP contribution in [0.4, 0.5) is 0 Å². The van der Waals surface area contributed by atoms with Crippen LogP contribution < -0.4 is 5.11 Å². The Labute approximate surface area is 80.8 Å². The van der Waals surface area contributed by atoms with Crippen LogP contribution in [0.15, 0.2) is 12.2 Å². The van der Waals surface area contributed by atoms with Gasteiger partial charge < -0.3 is 14.5 Å². The Morgan fingerprint density at radius 2 is 1.82 bits per heavy atom. The molecule has 5 nitrogen and oxygen atoms in total. The molecule has 60 valence electrons. The number of carbonyl (C=O) groups excluding carboxylic acids is 1. The van der Waals surface area contributed by atoms with Gasteiger partial charge in [0.25, 0.3) is 0 Å². The second kappa shape index (κ2) is 4.73. The van der Waals surface area contributed by atoms with Crippen LogP contribution in [0.3, 0.4) is 0 Å². The standard InChI is InChI=1S/C4H6O5S.Sn/c1-3(4(5)6)2-10(7,8)9;/h1-2H2,(H,5,6)(H,7,8,9);/q;+2/p-2. The summed E-state index contributed by atoms with van der Waals surface area (Å²) in [5.74, 6) is -2.82. The SMILES string of the molecule is C=C(CS(=O)(=O)[O-])C(=O)[O-].[Sn+2]. The molecule has 0 atom stereocenters. The van der Waals surface area contributed by atoms with Crippen molar-refractivity contribution < 1.29 is 22.9 Å². The van der Waals surface area contributed by atoms with Gasteiger partial charge in [0.1, 0.15) is 0 Å². The molecule has 0 N–H and O–H groups in total. The Morgan fingerprint density at radius 1 is 1.45 bits per heavy atom. The predicted molar refractivity (Wildman–Crippen MR) is 34.5 cm³/mol. The van der Waals surface area contributed by atoms with Gasteiger partial charge in [-0.1, -0.05) is 6.58 Å². The third-order valence-electron chi connectivity index (χ3n) is 0.640. The molecule has 0 bridgehead atoms. The average Bonchev–Trinajstić information content (AvgIpc) is 1.60. The molecule has 2 radical (unpaired) electrons. The van der Waals surface area contributed by atoms with Crippen LogP contribution in [0.5, 0.6) is 0 Å². The zero-order valence-electron chi connectivity index (χ0n) is 5.36. The molecule has 7 heteroatoms. The van der Waals surface area contributed by atoms with Crippen molar-refractivity contribution in [3.05, 3.63) is 12.2 Å². The van der Waals surface area contributed by atoms with Gasteiger partial charge in [0.2, 0.25) is 0 Å². The Morgan fingerprint density at radius 3 is 1.91 bits per heavy atom. The summed E-state index contributed by atoms with van der Waals surface area (Å²) in [7, 11) is -4.54. The smallest absolute Gasteiger partial charge is 0.748 e. The maximum absolute atomic E-state index is 9.84. The Bertz CT molecular complexity index is 254. The molecule has 0 aromatic rings. The quantitative estimate of drug-likeness (QED) is 0.323. The zero-order valence-corrected chi connectivity index (χ0v) is 9.03. The second-order valence-electron chi connectivity index (χ2n) is 1.59. The fourth-order valence-electron chi connectivity index (χ4n) is 0.272. The van der Waals surface area contributed by atoms with Gasteiger partial charge in [-0.15, -0.1) is 0 Å². The minimum absolute atomic E-state index is 0. The van der Waals surface area contributed by atoms with E-state index in [-0.39, 0.29) is 23.9 Å². The summed E-state index contributed by atoms with van der Waals surface area (Å²) in [5.41, 5.74) is -0.727. The third kappa shape index (κ3) is 7.82. The van der Waals surface area contributed by atoms with Gasteiger partial charge in [-0.2, -0.15) is 0 Å². The van der Waals surface area contributed by atoms with Crippen molar-refractivity contribution in [2.45, 2.75) is 0 Å². The van der Waals surface area contributed by atoms with E-state index in [1.54, 1.807) is 0 Å². The van der Waals surface area contributed by atoms with Gasteiger partial charge in [0.05, 0.1) is 21.8 Å². The summed E-state index contributed by atoms with van der Waals surface area (Å²) in [5, 5.41) is 9.76. The minimum Gasteiger partial charge on any atom is -0.748 e. The van der Waals surface area contributed by atoms with Gasteiger partial charge in [0, 0.05) is 0 Å². The van der Waals surface area contributed by atoms with Crippen LogP contribution in [-0.4, -0.2) is 48.6 Å². The van der Waals surface area contributed by atoms with Crippen molar-refractivity contribution in [3.63, 3.8) is 0 Å². The van der Waals surface area contributed by atoms with E-state index in [0.717, 1.165) is 0 Å². The Balaban J connectivity index is 0. The number of carboxylic acids is 1. The molecule has 0 rings (SSSR count). The molecule has 11 heavy (non-hydrogen) atoms. The van der Waals surface area contributed by atoms with E-state index in [2.05, 4.69) is 6.58 Å². The van der Waals surface area contributed by atoms with Crippen LogP contribution >= 0.6 is 0 Å². The number of aliphatic carboxylic acids is 1. The number of carboxylic acid groups (broad SMARTS) is 1. The summed E-state index contributed by atoms with van der Waals surface area (Å²) in [4.78, 5) is 9.76. The molecule has 0 amide bonds. The number of rotatable bonds is 3. The van der Waals surface area contributed by atoms with Gasteiger partial charge in [-0.05, 0) is 5.57 Å². The van der Waals surface area contributed by atoms with E-state index in [9.17, 15) is 22.9 Å². The number of hydrogen-bond donors (Lipinski definition) is 0. The van der Waals surface area contributed by atoms with Gasteiger partial charge >= 0.3 is 23.9 Å². The zero-order chi connectivity index (χ0) is 8.36. The van der Waals surface area contributed by atoms with Gasteiger partial charge in [0.15, 0.2) is 0 Å². The molecule has 0 saturated heterocycles. The third-order valence-corrected chi connectivity index (χ3v) is 1.34. The largest absolute Gasteiger partial charge is 2.00 e. The fraction of sp³-hybridized carbons (Fsp3) is 0.250. The van der Waals surface area contributed by atoms with Crippen LogP contribution in [0, 0.1) is 0 Å². The van der Waals surface area contributed by atoms with E-state index in [1.165, 1.54) is 0 Å². The van der Waals surface area contributed by atoms with Crippen molar-refractivity contribution in [2.24, 2.45) is 0 Å². The second-order valence-corrected chi connectivity index (χ2v) is 3.00. The van der Waals surface area contributed by atoms with Crippen LogP contribution in [-0.2, 0) is 14.9 Å². The van der Waals surface area contributed by atoms with Crippen molar-refractivity contribution >= 4 is 40.0 Å². The number of hydrogen-bond acceptors (Lipinski definition) is 5. The van der Waals surface area contributed by atoms with E-state index in [0.29, 0.717) is 0 Å². The van der Waals surface area contributed by atoms with Crippen molar-refractivity contribution in [1.82, 2.24) is 0 Å². The van der Waals surface area contributed by atoms with E-state index in [1.807, 2.05) is 0 Å². The first-order chi connectivity index (χ1) is 4.33. The van der Waals surface area contributed by atoms with Crippen molar-refractivity contribution in [1.29, 1.82) is 0 Å². The molecule has 0 spiro atoms. The maximum Gasteiger partial charge on any atom is 2.00 e. The molecule has 0 aliphatic heterocycles. The molecule has 0 saturated carbocycles. The molecule has 0 aliphatic rings. The molecule has 0 aromatic carbocycles. The normalized spacial score (nSPS) is 9.91. The summed E-state index contributed by atoms with van der Waals surface area (Å²) in [6.07, 6.45) is 0. The maximum atomic E-state index is 9.84. The molecule has 0 aromatic heterocycles. The molecule has 0 aliphatic carbocycles. The molecule has 0 heterocycles. The molecule has 0 unspecified atom stereocenters. The van der Waals surface area contributed by atoms with E-state index < -0.39 is 27.4 Å². The van der Waals surface area contributed by atoms with E-state index >= 15 is 0 Å². The first-order valence-electron chi connectivity index (χ1n) is 2.15. The summed E-state index contributed by atoms with van der Waals surface area (Å²) in [6, 6.07) is 0. The summed E-state index contributed by atoms with van der Waals surface area (Å²) < 4.78 is 29.5. The number of carbonyl (C=O) groups is 1. The van der Waals surface area contributed by atoms with Crippen LogP contribution in [0.1, 0.15) is 0 Å². The van der Waals surface area contributed by atoms with Crippen molar-refractivity contribution in [2.75, 3.05) is 5.75 Å². The minimum atomic E-state index is -4.54.